The molecular formula is C20H22N2O2S. The number of amides is 1. The summed E-state index contributed by atoms with van der Waals surface area (Å²) in [5.41, 5.74) is 1.97. The minimum Gasteiger partial charge on any atom is -0.481 e. The zero-order valence-electron chi connectivity index (χ0n) is 14.5. The predicted molar refractivity (Wildman–Crippen MR) is 104 cm³/mol. The lowest BCUT2D eigenvalue weighted by Crippen LogP contribution is -2.45. The summed E-state index contributed by atoms with van der Waals surface area (Å²) in [7, 11) is 0. The predicted octanol–water partition coefficient (Wildman–Crippen LogP) is 4.42. The topological polar surface area (TPSA) is 41.9 Å². The summed E-state index contributed by atoms with van der Waals surface area (Å²) in [4.78, 5) is 19.3. The van der Waals surface area contributed by atoms with Crippen molar-refractivity contribution in [2.45, 2.75) is 26.4 Å². The summed E-state index contributed by atoms with van der Waals surface area (Å²) in [6.07, 6.45) is 0.406. The van der Waals surface area contributed by atoms with Gasteiger partial charge in [0.25, 0.3) is 5.91 Å². The maximum absolute atomic E-state index is 12.9. The van der Waals surface area contributed by atoms with E-state index in [1.54, 1.807) is 23.6 Å². The molecule has 130 valence electrons. The first kappa shape index (κ1) is 17.5. The van der Waals surface area contributed by atoms with Gasteiger partial charge in [-0.3, -0.25) is 9.69 Å². The minimum absolute atomic E-state index is 0.0524. The van der Waals surface area contributed by atoms with Crippen LogP contribution >= 0.6 is 11.8 Å². The van der Waals surface area contributed by atoms with Crippen molar-refractivity contribution in [2.24, 2.45) is 4.99 Å². The van der Waals surface area contributed by atoms with Gasteiger partial charge >= 0.3 is 0 Å². The SMILES string of the molecule is Cc1cccc(O[C@H](C)C(=O)N2CCCSC2=Nc2ccccc2)c1. The van der Waals surface area contributed by atoms with E-state index >= 15 is 0 Å². The van der Waals surface area contributed by atoms with E-state index in [0.29, 0.717) is 12.3 Å². The van der Waals surface area contributed by atoms with E-state index in [4.69, 9.17) is 4.74 Å². The maximum Gasteiger partial charge on any atom is 0.269 e. The highest BCUT2D eigenvalue weighted by Gasteiger charge is 2.28. The third-order valence-corrected chi connectivity index (χ3v) is 4.95. The molecule has 4 nitrogen and oxygen atoms in total. The Hall–Kier alpha value is -2.27. The van der Waals surface area contributed by atoms with Crippen molar-refractivity contribution in [1.82, 2.24) is 4.90 Å². The molecule has 1 aliphatic heterocycles. The van der Waals surface area contributed by atoms with Crippen molar-refractivity contribution in [1.29, 1.82) is 0 Å². The molecular weight excluding hydrogens is 332 g/mol. The van der Waals surface area contributed by atoms with E-state index in [0.717, 1.165) is 28.6 Å². The van der Waals surface area contributed by atoms with Gasteiger partial charge in [0.05, 0.1) is 5.69 Å². The first-order chi connectivity index (χ1) is 12.1. The third-order valence-electron chi connectivity index (χ3n) is 3.89. The summed E-state index contributed by atoms with van der Waals surface area (Å²) >= 11 is 1.62. The normalized spacial score (nSPS) is 17.4. The van der Waals surface area contributed by atoms with Gasteiger partial charge in [-0.25, -0.2) is 4.99 Å². The van der Waals surface area contributed by atoms with Gasteiger partial charge in [0.2, 0.25) is 0 Å². The first-order valence-electron chi connectivity index (χ1n) is 8.45. The number of nitrogens with zero attached hydrogens (tertiary/aromatic N) is 2. The van der Waals surface area contributed by atoms with E-state index in [2.05, 4.69) is 4.99 Å². The zero-order chi connectivity index (χ0) is 17.6. The zero-order valence-corrected chi connectivity index (χ0v) is 15.3. The highest BCUT2D eigenvalue weighted by molar-refractivity contribution is 8.13. The lowest BCUT2D eigenvalue weighted by Gasteiger charge is -2.30. The van der Waals surface area contributed by atoms with E-state index < -0.39 is 6.10 Å². The second-order valence-corrected chi connectivity index (χ2v) is 7.06. The van der Waals surface area contributed by atoms with Crippen molar-refractivity contribution >= 4 is 28.5 Å². The molecule has 0 N–H and O–H groups in total. The minimum atomic E-state index is -0.554. The second kappa shape index (κ2) is 8.21. The number of benzene rings is 2. The van der Waals surface area contributed by atoms with Gasteiger partial charge in [0.1, 0.15) is 5.75 Å². The Labute approximate surface area is 152 Å². The molecule has 1 amide bonds. The standard InChI is InChI=1S/C20H22N2O2S/c1-15-8-6-11-18(14-15)24-16(2)19(23)22-12-7-13-25-20(22)21-17-9-4-3-5-10-17/h3-6,8-11,14,16H,7,12-13H2,1-2H3/t16-/m1/s1. The average molecular weight is 354 g/mol. The van der Waals surface area contributed by atoms with Crippen LogP contribution < -0.4 is 4.74 Å². The molecule has 1 heterocycles. The monoisotopic (exact) mass is 354 g/mol. The van der Waals surface area contributed by atoms with Crippen LogP contribution in [0.15, 0.2) is 59.6 Å². The summed E-state index contributed by atoms with van der Waals surface area (Å²) in [5, 5.41) is 0.752. The van der Waals surface area contributed by atoms with E-state index in [1.807, 2.05) is 61.5 Å². The summed E-state index contributed by atoms with van der Waals surface area (Å²) in [6.45, 7) is 4.48. The lowest BCUT2D eigenvalue weighted by molar-refractivity contribution is -0.133. The molecule has 25 heavy (non-hydrogen) atoms. The molecule has 2 aromatic carbocycles. The van der Waals surface area contributed by atoms with Crippen LogP contribution in [0.1, 0.15) is 18.9 Å². The number of hydrogen-bond donors (Lipinski definition) is 0. The fraction of sp³-hybridized carbons (Fsp3) is 0.300. The molecule has 0 saturated carbocycles. The number of carbonyl (C=O) groups excluding carboxylic acids is 1. The molecule has 1 atom stereocenters. The second-order valence-electron chi connectivity index (χ2n) is 6.00. The van der Waals surface area contributed by atoms with Crippen LogP contribution in [-0.4, -0.2) is 34.4 Å². The van der Waals surface area contributed by atoms with E-state index in [9.17, 15) is 4.79 Å². The van der Waals surface area contributed by atoms with Crippen LogP contribution in [-0.2, 0) is 4.79 Å². The van der Waals surface area contributed by atoms with E-state index in [-0.39, 0.29) is 5.91 Å². The molecule has 0 spiro atoms. The third kappa shape index (κ3) is 4.63. The van der Waals surface area contributed by atoms with Crippen LogP contribution in [0.2, 0.25) is 0 Å². The fourth-order valence-electron chi connectivity index (χ4n) is 2.63. The number of rotatable bonds is 4. The lowest BCUT2D eigenvalue weighted by atomic mass is 10.2. The van der Waals surface area contributed by atoms with Crippen LogP contribution in [0.4, 0.5) is 5.69 Å². The van der Waals surface area contributed by atoms with Crippen molar-refractivity contribution in [3.05, 3.63) is 60.2 Å². The Balaban J connectivity index is 1.75. The fourth-order valence-corrected chi connectivity index (χ4v) is 3.60. The summed E-state index contributed by atoms with van der Waals surface area (Å²) in [5.74, 6) is 1.64. The van der Waals surface area contributed by atoms with Crippen molar-refractivity contribution in [2.75, 3.05) is 12.3 Å². The number of ether oxygens (including phenoxy) is 1. The van der Waals surface area contributed by atoms with Crippen LogP contribution in [0.25, 0.3) is 0 Å². The molecule has 1 fully saturated rings. The number of carbonyl (C=O) groups is 1. The van der Waals surface area contributed by atoms with Gasteiger partial charge in [-0.2, -0.15) is 0 Å². The van der Waals surface area contributed by atoms with Gasteiger partial charge in [0.15, 0.2) is 11.3 Å². The van der Waals surface area contributed by atoms with E-state index in [1.165, 1.54) is 0 Å². The summed E-state index contributed by atoms with van der Waals surface area (Å²) < 4.78 is 5.85. The van der Waals surface area contributed by atoms with Crippen molar-refractivity contribution in [3.63, 3.8) is 0 Å². The number of amidine groups is 1. The number of aliphatic imine (C=N–C) groups is 1. The number of aryl methyl sites for hydroxylation is 1. The Morgan fingerprint density at radius 2 is 2.00 bits per heavy atom. The smallest absolute Gasteiger partial charge is 0.269 e. The van der Waals surface area contributed by atoms with Gasteiger partial charge in [-0.15, -0.1) is 0 Å². The van der Waals surface area contributed by atoms with Gasteiger partial charge in [0, 0.05) is 12.3 Å². The number of hydrogen-bond acceptors (Lipinski definition) is 4. The number of thioether (sulfide) groups is 1. The average Bonchev–Trinajstić information content (AvgIpc) is 2.62. The molecule has 0 unspecified atom stereocenters. The molecule has 0 bridgehead atoms. The first-order valence-corrected chi connectivity index (χ1v) is 9.43. The Kier molecular flexibility index (Phi) is 5.76. The Morgan fingerprint density at radius 1 is 1.20 bits per heavy atom. The molecule has 0 aliphatic carbocycles. The quantitative estimate of drug-likeness (QED) is 0.816. The Bertz CT molecular complexity index is 761. The molecule has 1 saturated heterocycles. The molecule has 0 radical (unpaired) electrons. The molecule has 3 rings (SSSR count). The van der Waals surface area contributed by atoms with Crippen LogP contribution in [0.5, 0.6) is 5.75 Å². The van der Waals surface area contributed by atoms with Crippen LogP contribution in [0, 0.1) is 6.92 Å². The Morgan fingerprint density at radius 3 is 2.76 bits per heavy atom. The molecule has 1 aliphatic rings. The van der Waals surface area contributed by atoms with Gasteiger partial charge in [-0.1, -0.05) is 42.1 Å². The van der Waals surface area contributed by atoms with Crippen molar-refractivity contribution < 1.29 is 9.53 Å². The summed E-state index contributed by atoms with van der Waals surface area (Å²) in [6, 6.07) is 17.5. The van der Waals surface area contributed by atoms with Gasteiger partial charge in [-0.05, 0) is 50.1 Å². The highest BCUT2D eigenvalue weighted by atomic mass is 32.2. The number of para-hydroxylation sites is 1. The maximum atomic E-state index is 12.9. The highest BCUT2D eigenvalue weighted by Crippen LogP contribution is 2.24. The van der Waals surface area contributed by atoms with Crippen molar-refractivity contribution in [3.8, 4) is 5.75 Å². The largest absolute Gasteiger partial charge is 0.481 e. The molecule has 2 aromatic rings. The van der Waals surface area contributed by atoms with Gasteiger partial charge < -0.3 is 4.74 Å². The molecule has 5 heteroatoms. The van der Waals surface area contributed by atoms with Crippen LogP contribution in [0.3, 0.4) is 0 Å². The molecule has 0 aromatic heterocycles.